The summed E-state index contributed by atoms with van der Waals surface area (Å²) in [5.41, 5.74) is 3.84. The van der Waals surface area contributed by atoms with Crippen molar-refractivity contribution in [2.24, 2.45) is 0 Å². The van der Waals surface area contributed by atoms with Crippen molar-refractivity contribution in [3.63, 3.8) is 0 Å². The van der Waals surface area contributed by atoms with E-state index >= 15 is 0 Å². The minimum atomic E-state index is 0.633. The molecule has 4 aromatic rings. The molecule has 5 heteroatoms. The van der Waals surface area contributed by atoms with Crippen molar-refractivity contribution < 1.29 is 0 Å². The molecule has 0 atom stereocenters. The fraction of sp³-hybridized carbons (Fsp3) is 0. The largest absolute Gasteiger partial charge is 0.208 e. The second kappa shape index (κ2) is 8.17. The molecule has 3 aromatic carbocycles. The molecule has 28 heavy (non-hydrogen) atoms. The van der Waals surface area contributed by atoms with Gasteiger partial charge in [-0.2, -0.15) is 0 Å². The van der Waals surface area contributed by atoms with Gasteiger partial charge in [0.25, 0.3) is 0 Å². The number of aromatic nitrogens is 3. The van der Waals surface area contributed by atoms with Crippen molar-refractivity contribution in [2.75, 3.05) is 0 Å². The third-order valence-corrected chi connectivity index (χ3v) is 5.19. The highest BCUT2D eigenvalue weighted by molar-refractivity contribution is 9.10. The second-order valence-electron chi connectivity index (χ2n) is 6.15. The zero-order valence-electron chi connectivity index (χ0n) is 14.8. The van der Waals surface area contributed by atoms with E-state index in [-0.39, 0.29) is 0 Å². The fourth-order valence-electron chi connectivity index (χ4n) is 2.79. The number of hydrogen-bond acceptors (Lipinski definition) is 3. The highest BCUT2D eigenvalue weighted by atomic mass is 79.9. The average molecular weight is 493 g/mol. The average Bonchev–Trinajstić information content (AvgIpc) is 2.73. The van der Waals surface area contributed by atoms with Crippen molar-refractivity contribution in [1.29, 1.82) is 0 Å². The first-order chi connectivity index (χ1) is 13.6. The molecule has 3 nitrogen and oxygen atoms in total. The van der Waals surface area contributed by atoms with Gasteiger partial charge in [-0.1, -0.05) is 93.0 Å². The summed E-state index contributed by atoms with van der Waals surface area (Å²) < 4.78 is 1.96. The molecule has 0 radical (unpaired) electrons. The summed E-state index contributed by atoms with van der Waals surface area (Å²) >= 11 is 7.05. The smallest absolute Gasteiger partial charge is 0.164 e. The molecule has 0 unspecified atom stereocenters. The molecule has 0 aliphatic carbocycles. The topological polar surface area (TPSA) is 38.7 Å². The molecule has 0 saturated heterocycles. The molecule has 4 rings (SSSR count). The Morgan fingerprint density at radius 3 is 1.50 bits per heavy atom. The van der Waals surface area contributed by atoms with E-state index in [1.54, 1.807) is 0 Å². The third-order valence-electron chi connectivity index (χ3n) is 4.21. The third kappa shape index (κ3) is 4.11. The zero-order chi connectivity index (χ0) is 19.5. The predicted octanol–water partition coefficient (Wildman–Crippen LogP) is 7.04. The van der Waals surface area contributed by atoms with Crippen LogP contribution in [-0.2, 0) is 0 Å². The van der Waals surface area contributed by atoms with Gasteiger partial charge in [0.2, 0.25) is 0 Å². The van der Waals surface area contributed by atoms with Crippen LogP contribution in [0.5, 0.6) is 0 Å². The maximum absolute atomic E-state index is 4.74. The van der Waals surface area contributed by atoms with Gasteiger partial charge in [0.1, 0.15) is 0 Å². The SMILES string of the molecule is C=Cc1ccc(-c2nc(-c3cccc(Br)c3)nc(-c3cccc(Br)c3)n2)cc1. The molecule has 0 aliphatic rings. The van der Waals surface area contributed by atoms with Crippen LogP contribution in [0, 0.1) is 0 Å². The molecule has 0 aliphatic heterocycles. The number of rotatable bonds is 4. The summed E-state index contributed by atoms with van der Waals surface area (Å²) in [6.07, 6.45) is 1.82. The van der Waals surface area contributed by atoms with Crippen molar-refractivity contribution in [3.8, 4) is 34.2 Å². The van der Waals surface area contributed by atoms with E-state index in [1.807, 2.05) is 78.9 Å². The Morgan fingerprint density at radius 1 is 0.607 bits per heavy atom. The summed E-state index contributed by atoms with van der Waals surface area (Å²) in [5, 5.41) is 0. The lowest BCUT2D eigenvalue weighted by atomic mass is 10.1. The Balaban J connectivity index is 1.90. The van der Waals surface area contributed by atoms with Gasteiger partial charge in [-0.15, -0.1) is 0 Å². The van der Waals surface area contributed by atoms with E-state index in [0.29, 0.717) is 17.5 Å². The van der Waals surface area contributed by atoms with Crippen molar-refractivity contribution in [2.45, 2.75) is 0 Å². The van der Waals surface area contributed by atoms with Gasteiger partial charge in [0.15, 0.2) is 17.5 Å². The molecule has 0 spiro atoms. The first kappa shape index (κ1) is 18.7. The van der Waals surface area contributed by atoms with Crippen LogP contribution in [-0.4, -0.2) is 15.0 Å². The quantitative estimate of drug-likeness (QED) is 0.306. The Bertz CT molecular complexity index is 1090. The van der Waals surface area contributed by atoms with Gasteiger partial charge >= 0.3 is 0 Å². The van der Waals surface area contributed by atoms with Crippen molar-refractivity contribution in [1.82, 2.24) is 15.0 Å². The molecule has 0 amide bonds. The lowest BCUT2D eigenvalue weighted by molar-refractivity contribution is 1.07. The molecular weight excluding hydrogens is 478 g/mol. The number of halogens is 2. The molecule has 1 aromatic heterocycles. The van der Waals surface area contributed by atoms with Gasteiger partial charge in [0.05, 0.1) is 0 Å². The van der Waals surface area contributed by atoms with E-state index < -0.39 is 0 Å². The van der Waals surface area contributed by atoms with Crippen molar-refractivity contribution in [3.05, 3.63) is 93.9 Å². The van der Waals surface area contributed by atoms with Crippen LogP contribution in [0.25, 0.3) is 40.2 Å². The monoisotopic (exact) mass is 491 g/mol. The Labute approximate surface area is 180 Å². The molecule has 0 saturated carbocycles. The van der Waals surface area contributed by atoms with Gasteiger partial charge in [0, 0.05) is 25.6 Å². The van der Waals surface area contributed by atoms with Crippen LogP contribution in [0.15, 0.2) is 88.3 Å². The van der Waals surface area contributed by atoms with E-state index in [2.05, 4.69) is 38.4 Å². The molecule has 0 bridgehead atoms. The van der Waals surface area contributed by atoms with Gasteiger partial charge in [-0.05, 0) is 29.8 Å². The minimum absolute atomic E-state index is 0.633. The Kier molecular flexibility index (Phi) is 5.46. The van der Waals surface area contributed by atoms with Crippen LogP contribution in [0.3, 0.4) is 0 Å². The van der Waals surface area contributed by atoms with Gasteiger partial charge in [-0.3, -0.25) is 0 Å². The highest BCUT2D eigenvalue weighted by Crippen LogP contribution is 2.27. The molecule has 0 fully saturated rings. The number of nitrogens with zero attached hydrogens (tertiary/aromatic N) is 3. The Hall–Kier alpha value is -2.63. The highest BCUT2D eigenvalue weighted by Gasteiger charge is 2.12. The molecule has 136 valence electrons. The van der Waals surface area contributed by atoms with E-state index in [9.17, 15) is 0 Å². The summed E-state index contributed by atoms with van der Waals surface area (Å²) in [6.45, 7) is 3.81. The Morgan fingerprint density at radius 2 is 1.07 bits per heavy atom. The van der Waals surface area contributed by atoms with Gasteiger partial charge in [-0.25, -0.2) is 15.0 Å². The standard InChI is InChI=1S/C23H15Br2N3/c1-2-15-9-11-16(12-10-15)21-26-22(17-5-3-7-19(24)13-17)28-23(27-21)18-6-4-8-20(25)14-18/h2-14H,1H2. The molecular formula is C23H15Br2N3. The summed E-state index contributed by atoms with van der Waals surface area (Å²) in [5.74, 6) is 1.90. The van der Waals surface area contributed by atoms with Crippen LogP contribution < -0.4 is 0 Å². The lowest BCUT2D eigenvalue weighted by Gasteiger charge is -2.09. The summed E-state index contributed by atoms with van der Waals surface area (Å²) in [6, 6.07) is 23.9. The minimum Gasteiger partial charge on any atom is -0.208 e. The number of hydrogen-bond donors (Lipinski definition) is 0. The first-order valence-corrected chi connectivity index (χ1v) is 10.2. The van der Waals surface area contributed by atoms with Crippen LogP contribution in [0.1, 0.15) is 5.56 Å². The summed E-state index contributed by atoms with van der Waals surface area (Å²) in [7, 11) is 0. The van der Waals surface area contributed by atoms with Crippen LogP contribution >= 0.6 is 31.9 Å². The number of benzene rings is 3. The fourth-order valence-corrected chi connectivity index (χ4v) is 3.59. The van der Waals surface area contributed by atoms with Gasteiger partial charge < -0.3 is 0 Å². The predicted molar refractivity (Wildman–Crippen MR) is 122 cm³/mol. The van der Waals surface area contributed by atoms with Crippen molar-refractivity contribution >= 4 is 37.9 Å². The maximum Gasteiger partial charge on any atom is 0.164 e. The normalized spacial score (nSPS) is 10.6. The molecule has 1 heterocycles. The molecule has 0 N–H and O–H groups in total. The lowest BCUT2D eigenvalue weighted by Crippen LogP contribution is -2.00. The van der Waals surface area contributed by atoms with E-state index in [1.165, 1.54) is 0 Å². The maximum atomic E-state index is 4.74. The zero-order valence-corrected chi connectivity index (χ0v) is 18.0. The van der Waals surface area contributed by atoms with E-state index in [0.717, 1.165) is 31.2 Å². The first-order valence-electron chi connectivity index (χ1n) is 8.63. The van der Waals surface area contributed by atoms with E-state index in [4.69, 9.17) is 15.0 Å². The second-order valence-corrected chi connectivity index (χ2v) is 7.98. The summed E-state index contributed by atoms with van der Waals surface area (Å²) in [4.78, 5) is 14.2. The van der Waals surface area contributed by atoms with Crippen LogP contribution in [0.4, 0.5) is 0 Å². The van der Waals surface area contributed by atoms with Crippen LogP contribution in [0.2, 0.25) is 0 Å².